The molecule has 0 N–H and O–H groups in total. The van der Waals surface area contributed by atoms with Crippen molar-refractivity contribution >= 4 is 32.6 Å². The van der Waals surface area contributed by atoms with Gasteiger partial charge in [-0.2, -0.15) is 0 Å². The first-order valence-electron chi connectivity index (χ1n) is 18.4. The van der Waals surface area contributed by atoms with Crippen LogP contribution >= 0.6 is 0 Å². The van der Waals surface area contributed by atoms with Gasteiger partial charge in [-0.25, -0.2) is 4.98 Å². The van der Waals surface area contributed by atoms with E-state index in [1.807, 2.05) is 36.4 Å². The molecule has 5 aromatic carbocycles. The predicted octanol–water partition coefficient (Wildman–Crippen LogP) is 11.0. The van der Waals surface area contributed by atoms with Crippen LogP contribution in [0.2, 0.25) is 24.7 Å². The van der Waals surface area contributed by atoms with Gasteiger partial charge in [0.25, 0.3) is 0 Å². The monoisotopic (exact) mass is 719 g/mol. The van der Waals surface area contributed by atoms with E-state index >= 15 is 0 Å². The molecule has 0 aliphatic heterocycles. The second kappa shape index (κ2) is 14.3. The highest BCUT2D eigenvalue weighted by Crippen LogP contribution is 2.47. The number of oxazole rings is 1. The van der Waals surface area contributed by atoms with Crippen LogP contribution in [0.15, 0.2) is 156 Å². The molecule has 1 aliphatic carbocycles. The summed E-state index contributed by atoms with van der Waals surface area (Å²) in [6.45, 7) is 13.8. The van der Waals surface area contributed by atoms with Gasteiger partial charge in [0.2, 0.25) is 5.89 Å². The lowest BCUT2D eigenvalue weighted by Gasteiger charge is -2.43. The van der Waals surface area contributed by atoms with E-state index in [9.17, 15) is 0 Å². The molecule has 6 aromatic rings. The molecule has 0 radical (unpaired) electrons. The summed E-state index contributed by atoms with van der Waals surface area (Å²) >= 11 is 0. The van der Waals surface area contributed by atoms with Crippen molar-refractivity contribution in [1.82, 2.24) is 4.98 Å². The van der Waals surface area contributed by atoms with E-state index in [1.165, 1.54) is 15.9 Å². The number of nitrogens with zero attached hydrogens (tertiary/aromatic N) is 1. The van der Waals surface area contributed by atoms with Gasteiger partial charge in [-0.1, -0.05) is 160 Å². The average molecular weight is 720 g/mol. The van der Waals surface area contributed by atoms with Crippen molar-refractivity contribution in [3.8, 4) is 28.3 Å². The summed E-state index contributed by atoms with van der Waals surface area (Å²) in [5.41, 5.74) is 4.49. The van der Waals surface area contributed by atoms with E-state index in [2.05, 4.69) is 156 Å². The van der Waals surface area contributed by atoms with Gasteiger partial charge in [0.15, 0.2) is 14.1 Å². The van der Waals surface area contributed by atoms with Crippen molar-refractivity contribution in [3.63, 3.8) is 0 Å². The van der Waals surface area contributed by atoms with Gasteiger partial charge in [0.05, 0.1) is 5.60 Å². The summed E-state index contributed by atoms with van der Waals surface area (Å²) in [5, 5.41) is 2.37. The molecule has 4 nitrogen and oxygen atoms in total. The van der Waals surface area contributed by atoms with E-state index in [1.54, 1.807) is 0 Å². The third kappa shape index (κ3) is 7.16. The first-order chi connectivity index (χ1) is 25.0. The fraction of sp³-hybridized carbons (Fsp3) is 0.239. The van der Waals surface area contributed by atoms with Crippen molar-refractivity contribution < 1.29 is 13.3 Å². The van der Waals surface area contributed by atoms with Crippen LogP contribution in [0, 0.1) is 0 Å². The number of hydrogen-bond acceptors (Lipinski definition) is 4. The van der Waals surface area contributed by atoms with Gasteiger partial charge in [-0.05, 0) is 65.6 Å². The normalized spacial score (nSPS) is 16.5. The minimum absolute atomic E-state index is 0.146. The SMILES string of the molecule is CC(C)(C)[Si](Oc1cccc(C[C@]2(O[Si](C)(C)C)CCC=C2c2nc(-c3ccccc3)c(-c3ccccc3)o2)c1)(c1ccccc1)c1ccccc1. The Morgan fingerprint density at radius 3 is 1.81 bits per heavy atom. The van der Waals surface area contributed by atoms with Crippen LogP contribution in [0.5, 0.6) is 5.75 Å². The molecule has 1 heterocycles. The number of allylic oxidation sites excluding steroid dienone is 1. The van der Waals surface area contributed by atoms with E-state index in [0.717, 1.165) is 46.7 Å². The standard InChI is InChI=1S/C46H49NO3Si2/c1-45(2,3)52(39-27-15-9-16-28-39,40-29-17-10-18-30-40)49-38-26-19-21-35(33-38)34-46(50-51(4,5)6)32-20-31-41(46)44-47-42(36-22-11-7-12-23-36)43(48-44)37-24-13-8-14-25-37/h7-19,21-31,33H,20,32,34H2,1-6H3/t46-/m1/s1. The highest BCUT2D eigenvalue weighted by molar-refractivity contribution is 7.00. The maximum absolute atomic E-state index is 7.47. The van der Waals surface area contributed by atoms with Crippen LogP contribution in [0.3, 0.4) is 0 Å². The Hall–Kier alpha value is -4.76. The molecule has 0 bridgehead atoms. The molecular formula is C46H49NO3Si2. The van der Waals surface area contributed by atoms with E-state index in [-0.39, 0.29) is 5.04 Å². The van der Waals surface area contributed by atoms with Crippen molar-refractivity contribution in [2.75, 3.05) is 0 Å². The Morgan fingerprint density at radius 2 is 1.25 bits per heavy atom. The Bertz CT molecular complexity index is 2040. The summed E-state index contributed by atoms with van der Waals surface area (Å²) in [5.74, 6) is 2.29. The lowest BCUT2D eigenvalue weighted by molar-refractivity contribution is 0.119. The smallest absolute Gasteiger partial charge is 0.319 e. The minimum atomic E-state index is -2.81. The summed E-state index contributed by atoms with van der Waals surface area (Å²) in [4.78, 5) is 5.25. The van der Waals surface area contributed by atoms with Crippen LogP contribution in [0.1, 0.15) is 45.1 Å². The fourth-order valence-electron chi connectivity index (χ4n) is 7.85. The van der Waals surface area contributed by atoms with Crippen molar-refractivity contribution in [2.24, 2.45) is 0 Å². The Morgan fingerprint density at radius 1 is 0.692 bits per heavy atom. The zero-order valence-corrected chi connectivity index (χ0v) is 33.2. The van der Waals surface area contributed by atoms with Crippen molar-refractivity contribution in [2.45, 2.75) is 70.3 Å². The topological polar surface area (TPSA) is 44.5 Å². The van der Waals surface area contributed by atoms with Crippen LogP contribution in [-0.2, 0) is 10.8 Å². The highest BCUT2D eigenvalue weighted by Gasteiger charge is 2.52. The van der Waals surface area contributed by atoms with Gasteiger partial charge in [-0.3, -0.25) is 0 Å². The van der Waals surface area contributed by atoms with Gasteiger partial charge in [0.1, 0.15) is 11.4 Å². The number of aromatic nitrogens is 1. The molecule has 1 atom stereocenters. The number of hydrogen-bond donors (Lipinski definition) is 0. The van der Waals surface area contributed by atoms with Crippen LogP contribution in [-0.4, -0.2) is 27.2 Å². The molecule has 264 valence electrons. The molecule has 0 spiro atoms. The average Bonchev–Trinajstić information content (AvgIpc) is 3.75. The zero-order valence-electron chi connectivity index (χ0n) is 31.2. The lowest BCUT2D eigenvalue weighted by atomic mass is 9.88. The van der Waals surface area contributed by atoms with Crippen molar-refractivity contribution in [1.29, 1.82) is 0 Å². The molecule has 0 saturated carbocycles. The van der Waals surface area contributed by atoms with E-state index in [0.29, 0.717) is 12.3 Å². The second-order valence-electron chi connectivity index (χ2n) is 15.9. The molecule has 1 aliphatic rings. The third-order valence-corrected chi connectivity index (χ3v) is 15.9. The third-order valence-electron chi connectivity index (χ3n) is 9.91. The first-order valence-corrected chi connectivity index (χ1v) is 23.7. The molecule has 52 heavy (non-hydrogen) atoms. The maximum atomic E-state index is 7.47. The molecule has 0 unspecified atom stereocenters. The fourth-order valence-corrected chi connectivity index (χ4v) is 13.7. The minimum Gasteiger partial charge on any atom is -0.534 e. The number of benzene rings is 5. The molecule has 7 rings (SSSR count). The lowest BCUT2D eigenvalue weighted by Crippen LogP contribution is -2.68. The Kier molecular flexibility index (Phi) is 9.83. The highest BCUT2D eigenvalue weighted by atomic mass is 28.4. The van der Waals surface area contributed by atoms with Gasteiger partial charge in [-0.15, -0.1) is 0 Å². The largest absolute Gasteiger partial charge is 0.534 e. The molecule has 6 heteroatoms. The summed E-state index contributed by atoms with van der Waals surface area (Å²) in [6.07, 6.45) is 4.72. The summed E-state index contributed by atoms with van der Waals surface area (Å²) < 4.78 is 21.6. The Labute approximate surface area is 311 Å². The quantitative estimate of drug-likeness (QED) is 0.125. The Balaban J connectivity index is 1.30. The van der Waals surface area contributed by atoms with Gasteiger partial charge >= 0.3 is 8.32 Å². The molecule has 0 amide bonds. The summed E-state index contributed by atoms with van der Waals surface area (Å²) in [7, 11) is -4.87. The first kappa shape index (κ1) is 35.6. The van der Waals surface area contributed by atoms with E-state index in [4.69, 9.17) is 18.3 Å². The molecule has 0 saturated heterocycles. The second-order valence-corrected chi connectivity index (χ2v) is 24.5. The maximum Gasteiger partial charge on any atom is 0.319 e. The number of rotatable bonds is 11. The molecular weight excluding hydrogens is 671 g/mol. The summed E-state index contributed by atoms with van der Waals surface area (Å²) in [6, 6.07) is 51.0. The molecule has 0 fully saturated rings. The molecule has 1 aromatic heterocycles. The van der Waals surface area contributed by atoms with E-state index < -0.39 is 22.2 Å². The van der Waals surface area contributed by atoms with Crippen LogP contribution in [0.4, 0.5) is 0 Å². The van der Waals surface area contributed by atoms with Gasteiger partial charge in [0, 0.05) is 23.1 Å². The van der Waals surface area contributed by atoms with Crippen LogP contribution in [0.25, 0.3) is 28.2 Å². The van der Waals surface area contributed by atoms with Gasteiger partial charge < -0.3 is 13.3 Å². The zero-order chi connectivity index (χ0) is 36.4. The van der Waals surface area contributed by atoms with Crippen LogP contribution < -0.4 is 14.8 Å². The predicted molar refractivity (Wildman–Crippen MR) is 220 cm³/mol. The van der Waals surface area contributed by atoms with Crippen molar-refractivity contribution in [3.05, 3.63) is 163 Å².